The molecule has 4 rings (SSSR count). The second kappa shape index (κ2) is 6.89. The number of carbonyl (C=O) groups is 1. The SMILES string of the molecule is O=C(NCc1cccc(Cn2cncn2)c1)[C@H]1C[C@H]1c1ccccc1. The quantitative estimate of drug-likeness (QED) is 0.755. The molecule has 2 atom stereocenters. The number of amides is 1. The van der Waals surface area contributed by atoms with Crippen LogP contribution in [0.3, 0.4) is 0 Å². The highest BCUT2D eigenvalue weighted by Gasteiger charge is 2.43. The van der Waals surface area contributed by atoms with Crippen LogP contribution in [0.25, 0.3) is 0 Å². The lowest BCUT2D eigenvalue weighted by molar-refractivity contribution is -0.122. The third-order valence-corrected chi connectivity index (χ3v) is 4.62. The first kappa shape index (κ1) is 15.6. The predicted molar refractivity (Wildman–Crippen MR) is 94.7 cm³/mol. The van der Waals surface area contributed by atoms with Crippen molar-refractivity contribution >= 4 is 5.91 Å². The first-order valence-electron chi connectivity index (χ1n) is 8.52. The van der Waals surface area contributed by atoms with Crippen LogP contribution in [0.1, 0.15) is 29.0 Å². The molecule has 1 fully saturated rings. The second-order valence-electron chi connectivity index (χ2n) is 6.49. The largest absolute Gasteiger partial charge is 0.352 e. The van der Waals surface area contributed by atoms with Crippen LogP contribution in [0.2, 0.25) is 0 Å². The lowest BCUT2D eigenvalue weighted by atomic mass is 10.1. The third kappa shape index (κ3) is 3.76. The van der Waals surface area contributed by atoms with E-state index >= 15 is 0 Å². The number of hydrogen-bond donors (Lipinski definition) is 1. The highest BCUT2D eigenvalue weighted by Crippen LogP contribution is 2.47. The molecule has 1 saturated carbocycles. The van der Waals surface area contributed by atoms with Gasteiger partial charge in [-0.15, -0.1) is 0 Å². The van der Waals surface area contributed by atoms with Crippen LogP contribution < -0.4 is 5.32 Å². The number of carbonyl (C=O) groups excluding carboxylic acids is 1. The van der Waals surface area contributed by atoms with Crippen molar-refractivity contribution in [1.29, 1.82) is 0 Å². The highest BCUT2D eigenvalue weighted by molar-refractivity contribution is 5.82. The van der Waals surface area contributed by atoms with Crippen LogP contribution in [0.4, 0.5) is 0 Å². The molecule has 0 spiro atoms. The Balaban J connectivity index is 1.32. The Morgan fingerprint density at radius 2 is 1.96 bits per heavy atom. The Bertz CT molecular complexity index is 845. The van der Waals surface area contributed by atoms with E-state index in [-0.39, 0.29) is 11.8 Å². The molecule has 0 radical (unpaired) electrons. The van der Waals surface area contributed by atoms with Crippen LogP contribution >= 0.6 is 0 Å². The second-order valence-corrected chi connectivity index (χ2v) is 6.49. The zero-order valence-electron chi connectivity index (χ0n) is 13.9. The van der Waals surface area contributed by atoms with Crippen LogP contribution in [-0.4, -0.2) is 20.7 Å². The maximum absolute atomic E-state index is 12.4. The molecule has 3 aromatic rings. The van der Waals surface area contributed by atoms with E-state index in [4.69, 9.17) is 0 Å². The van der Waals surface area contributed by atoms with Crippen molar-refractivity contribution in [3.05, 3.63) is 83.9 Å². The highest BCUT2D eigenvalue weighted by atomic mass is 16.2. The van der Waals surface area contributed by atoms with Crippen molar-refractivity contribution in [2.24, 2.45) is 5.92 Å². The van der Waals surface area contributed by atoms with Crippen molar-refractivity contribution in [2.75, 3.05) is 0 Å². The van der Waals surface area contributed by atoms with Gasteiger partial charge in [-0.3, -0.25) is 4.79 Å². The molecule has 1 amide bonds. The summed E-state index contributed by atoms with van der Waals surface area (Å²) in [7, 11) is 0. The molecule has 1 aliphatic rings. The summed E-state index contributed by atoms with van der Waals surface area (Å²) in [6, 6.07) is 18.5. The van der Waals surface area contributed by atoms with Gasteiger partial charge in [-0.25, -0.2) is 9.67 Å². The van der Waals surface area contributed by atoms with Crippen molar-refractivity contribution in [2.45, 2.75) is 25.4 Å². The fraction of sp³-hybridized carbons (Fsp3) is 0.250. The average Bonchev–Trinajstić information content (AvgIpc) is 3.30. The van der Waals surface area contributed by atoms with Crippen LogP contribution in [0, 0.1) is 5.92 Å². The van der Waals surface area contributed by atoms with E-state index in [9.17, 15) is 4.79 Å². The van der Waals surface area contributed by atoms with Crippen LogP contribution in [-0.2, 0) is 17.9 Å². The molecule has 0 aliphatic heterocycles. The normalized spacial score (nSPS) is 18.7. The minimum atomic E-state index is 0.112. The summed E-state index contributed by atoms with van der Waals surface area (Å²) in [6.45, 7) is 1.24. The van der Waals surface area contributed by atoms with Crippen molar-refractivity contribution < 1.29 is 4.79 Å². The van der Waals surface area contributed by atoms with Gasteiger partial charge in [0.15, 0.2) is 0 Å². The zero-order valence-corrected chi connectivity index (χ0v) is 13.9. The van der Waals surface area contributed by atoms with E-state index in [0.29, 0.717) is 19.0 Å². The number of benzene rings is 2. The van der Waals surface area contributed by atoms with Gasteiger partial charge >= 0.3 is 0 Å². The summed E-state index contributed by atoms with van der Waals surface area (Å²) in [4.78, 5) is 16.3. The van der Waals surface area contributed by atoms with E-state index < -0.39 is 0 Å². The van der Waals surface area contributed by atoms with E-state index in [2.05, 4.69) is 39.7 Å². The summed E-state index contributed by atoms with van der Waals surface area (Å²) in [6.07, 6.45) is 4.18. The molecule has 25 heavy (non-hydrogen) atoms. The molecule has 5 nitrogen and oxygen atoms in total. The molecule has 1 aromatic heterocycles. The third-order valence-electron chi connectivity index (χ3n) is 4.62. The number of nitrogens with one attached hydrogen (secondary N) is 1. The monoisotopic (exact) mass is 332 g/mol. The lowest BCUT2D eigenvalue weighted by Gasteiger charge is -2.08. The van der Waals surface area contributed by atoms with E-state index in [1.165, 1.54) is 11.9 Å². The molecule has 5 heteroatoms. The van der Waals surface area contributed by atoms with Gasteiger partial charge in [0.05, 0.1) is 6.54 Å². The molecule has 1 N–H and O–H groups in total. The number of aromatic nitrogens is 3. The standard InChI is InChI=1S/C20H20N4O/c25-20(19-10-18(19)17-7-2-1-3-8-17)22-11-15-5-4-6-16(9-15)12-24-14-21-13-23-24/h1-9,13-14,18-19H,10-12H2,(H,22,25)/t18-,19-/m0/s1. The summed E-state index contributed by atoms with van der Waals surface area (Å²) >= 11 is 0. The van der Waals surface area contributed by atoms with E-state index in [1.807, 2.05) is 30.3 Å². The molecular weight excluding hydrogens is 312 g/mol. The van der Waals surface area contributed by atoms with Gasteiger partial charge in [-0.1, -0.05) is 54.6 Å². The van der Waals surface area contributed by atoms with Crippen molar-refractivity contribution in [3.63, 3.8) is 0 Å². The summed E-state index contributed by atoms with van der Waals surface area (Å²) < 4.78 is 1.78. The van der Waals surface area contributed by atoms with Gasteiger partial charge < -0.3 is 5.32 Å². The zero-order chi connectivity index (χ0) is 17.1. The summed E-state index contributed by atoms with van der Waals surface area (Å²) in [5, 5.41) is 7.19. The van der Waals surface area contributed by atoms with Crippen LogP contribution in [0.15, 0.2) is 67.3 Å². The smallest absolute Gasteiger partial charge is 0.224 e. The van der Waals surface area contributed by atoms with Gasteiger partial charge in [-0.05, 0) is 29.0 Å². The maximum Gasteiger partial charge on any atom is 0.224 e. The Morgan fingerprint density at radius 1 is 1.12 bits per heavy atom. The van der Waals surface area contributed by atoms with Gasteiger partial charge in [0, 0.05) is 12.5 Å². The van der Waals surface area contributed by atoms with Crippen molar-refractivity contribution in [3.8, 4) is 0 Å². The Kier molecular flexibility index (Phi) is 4.29. The van der Waals surface area contributed by atoms with Gasteiger partial charge in [0.2, 0.25) is 5.91 Å². The van der Waals surface area contributed by atoms with E-state index in [1.54, 1.807) is 11.0 Å². The maximum atomic E-state index is 12.4. The number of rotatable bonds is 6. The molecule has 1 heterocycles. The Hall–Kier alpha value is -2.95. The fourth-order valence-electron chi connectivity index (χ4n) is 3.21. The molecular formula is C20H20N4O. The van der Waals surface area contributed by atoms with Crippen LogP contribution in [0.5, 0.6) is 0 Å². The summed E-state index contributed by atoms with van der Waals surface area (Å²) in [5.74, 6) is 0.635. The number of nitrogens with zero attached hydrogens (tertiary/aromatic N) is 3. The topological polar surface area (TPSA) is 59.8 Å². The Morgan fingerprint density at radius 3 is 2.76 bits per heavy atom. The first-order valence-corrected chi connectivity index (χ1v) is 8.52. The average molecular weight is 332 g/mol. The molecule has 2 aromatic carbocycles. The van der Waals surface area contributed by atoms with E-state index in [0.717, 1.165) is 17.5 Å². The van der Waals surface area contributed by atoms with Crippen molar-refractivity contribution in [1.82, 2.24) is 20.1 Å². The Labute approximate surface area is 146 Å². The molecule has 0 bridgehead atoms. The fourth-order valence-corrected chi connectivity index (χ4v) is 3.21. The molecule has 0 saturated heterocycles. The molecule has 1 aliphatic carbocycles. The minimum absolute atomic E-state index is 0.112. The first-order chi connectivity index (χ1) is 12.3. The minimum Gasteiger partial charge on any atom is -0.352 e. The summed E-state index contributed by atoms with van der Waals surface area (Å²) in [5.41, 5.74) is 3.51. The predicted octanol–water partition coefficient (Wildman–Crippen LogP) is 2.75. The van der Waals surface area contributed by atoms with Gasteiger partial charge in [-0.2, -0.15) is 5.10 Å². The van der Waals surface area contributed by atoms with Gasteiger partial charge in [0.25, 0.3) is 0 Å². The molecule has 0 unspecified atom stereocenters. The van der Waals surface area contributed by atoms with Gasteiger partial charge in [0.1, 0.15) is 12.7 Å². The number of hydrogen-bond acceptors (Lipinski definition) is 3. The molecule has 126 valence electrons. The lowest BCUT2D eigenvalue weighted by Crippen LogP contribution is -2.24.